The van der Waals surface area contributed by atoms with E-state index in [1.165, 1.54) is 4.90 Å². The highest BCUT2D eigenvalue weighted by atomic mass is 35.5. The van der Waals surface area contributed by atoms with Crippen LogP contribution in [0.2, 0.25) is 5.02 Å². The van der Waals surface area contributed by atoms with Gasteiger partial charge in [-0.25, -0.2) is 0 Å². The molecule has 0 aliphatic carbocycles. The molecule has 0 aliphatic heterocycles. The van der Waals surface area contributed by atoms with Crippen molar-refractivity contribution in [1.29, 1.82) is 5.26 Å². The van der Waals surface area contributed by atoms with Crippen LogP contribution in [0.3, 0.4) is 0 Å². The highest BCUT2D eigenvalue weighted by molar-refractivity contribution is 6.31. The maximum Gasteiger partial charge on any atom is 0.251 e. The summed E-state index contributed by atoms with van der Waals surface area (Å²) < 4.78 is 0. The van der Waals surface area contributed by atoms with Gasteiger partial charge in [-0.15, -0.1) is 0 Å². The summed E-state index contributed by atoms with van der Waals surface area (Å²) in [6, 6.07) is 16.4. The molecule has 0 spiro atoms. The average Bonchev–Trinajstić information content (AvgIpc) is 2.56. The first-order valence-corrected chi connectivity index (χ1v) is 7.73. The van der Waals surface area contributed by atoms with Gasteiger partial charge < -0.3 is 10.2 Å². The molecule has 4 nitrogen and oxygen atoms in total. The van der Waals surface area contributed by atoms with Crippen LogP contribution in [-0.4, -0.2) is 26.5 Å². The van der Waals surface area contributed by atoms with Crippen LogP contribution in [0.4, 0.5) is 0 Å². The third kappa shape index (κ3) is 4.32. The average molecular weight is 329 g/mol. The Bertz CT molecular complexity index is 720. The third-order valence-corrected chi connectivity index (χ3v) is 4.06. The Labute approximate surface area is 141 Å². The van der Waals surface area contributed by atoms with Crippen LogP contribution < -0.4 is 10.2 Å². The second-order valence-corrected chi connectivity index (χ2v) is 5.96. The SMILES string of the molecule is C[NH+](C)[C@H](CNC(=O)c1ccc(C#N)cc1)c1ccccc1Cl. The van der Waals surface area contributed by atoms with E-state index in [2.05, 4.69) is 5.32 Å². The summed E-state index contributed by atoms with van der Waals surface area (Å²) in [5.74, 6) is -0.159. The fourth-order valence-electron chi connectivity index (χ4n) is 2.38. The van der Waals surface area contributed by atoms with E-state index in [4.69, 9.17) is 16.9 Å². The van der Waals surface area contributed by atoms with Gasteiger partial charge in [-0.1, -0.05) is 29.8 Å². The minimum absolute atomic E-state index is 0.0611. The molecule has 1 atom stereocenters. The summed E-state index contributed by atoms with van der Waals surface area (Å²) in [5.41, 5.74) is 2.08. The van der Waals surface area contributed by atoms with Crippen molar-refractivity contribution in [1.82, 2.24) is 5.32 Å². The predicted molar refractivity (Wildman–Crippen MR) is 90.5 cm³/mol. The number of nitrogens with one attached hydrogen (secondary N) is 2. The molecule has 2 rings (SSSR count). The Morgan fingerprint density at radius 2 is 1.87 bits per heavy atom. The van der Waals surface area contributed by atoms with Gasteiger partial charge in [-0.2, -0.15) is 5.26 Å². The fourth-order valence-corrected chi connectivity index (χ4v) is 2.64. The van der Waals surface area contributed by atoms with E-state index >= 15 is 0 Å². The molecule has 2 N–H and O–H groups in total. The Morgan fingerprint density at radius 1 is 1.22 bits per heavy atom. The number of nitrogens with zero attached hydrogens (tertiary/aromatic N) is 1. The molecule has 0 aliphatic rings. The zero-order chi connectivity index (χ0) is 16.8. The van der Waals surface area contributed by atoms with Gasteiger partial charge in [0.1, 0.15) is 6.04 Å². The summed E-state index contributed by atoms with van der Waals surface area (Å²) in [6.45, 7) is 0.477. The Hall–Kier alpha value is -2.35. The third-order valence-electron chi connectivity index (χ3n) is 3.72. The molecule has 0 bridgehead atoms. The largest absolute Gasteiger partial charge is 0.346 e. The molecule has 0 saturated heterocycles. The van der Waals surface area contributed by atoms with Gasteiger partial charge in [0.05, 0.1) is 32.3 Å². The highest BCUT2D eigenvalue weighted by Gasteiger charge is 2.21. The molecule has 0 aromatic heterocycles. The van der Waals surface area contributed by atoms with E-state index in [-0.39, 0.29) is 11.9 Å². The van der Waals surface area contributed by atoms with Crippen molar-refractivity contribution in [3.8, 4) is 6.07 Å². The lowest BCUT2D eigenvalue weighted by Crippen LogP contribution is -3.07. The van der Waals surface area contributed by atoms with E-state index in [0.29, 0.717) is 22.7 Å². The number of rotatable bonds is 5. The number of nitriles is 1. The van der Waals surface area contributed by atoms with E-state index < -0.39 is 0 Å². The second kappa shape index (κ2) is 7.77. The summed E-state index contributed by atoms with van der Waals surface area (Å²) in [4.78, 5) is 13.4. The van der Waals surface area contributed by atoms with Gasteiger partial charge in [0, 0.05) is 16.1 Å². The Morgan fingerprint density at radius 3 is 2.43 bits per heavy atom. The number of quaternary nitrogens is 1. The predicted octanol–water partition coefficient (Wildman–Crippen LogP) is 1.83. The van der Waals surface area contributed by atoms with Gasteiger partial charge in [0.25, 0.3) is 5.91 Å². The molecule has 2 aromatic rings. The molecular weight excluding hydrogens is 310 g/mol. The molecule has 1 amide bonds. The van der Waals surface area contributed by atoms with Gasteiger partial charge in [-0.05, 0) is 30.3 Å². The molecule has 5 heteroatoms. The molecular formula is C18H19ClN3O+. The Balaban J connectivity index is 2.08. The van der Waals surface area contributed by atoms with E-state index in [0.717, 1.165) is 5.56 Å². The van der Waals surface area contributed by atoms with Crippen LogP contribution in [0.15, 0.2) is 48.5 Å². The molecule has 2 aromatic carbocycles. The number of carbonyl (C=O) groups excluding carboxylic acids is 1. The van der Waals surface area contributed by atoms with Crippen LogP contribution in [-0.2, 0) is 0 Å². The van der Waals surface area contributed by atoms with E-state index in [1.807, 2.05) is 44.4 Å². The number of benzene rings is 2. The van der Waals surface area contributed by atoms with Crippen LogP contribution in [0.5, 0.6) is 0 Å². The smallest absolute Gasteiger partial charge is 0.251 e. The number of hydrogen-bond donors (Lipinski definition) is 2. The van der Waals surface area contributed by atoms with Crippen molar-refractivity contribution in [3.63, 3.8) is 0 Å². The first-order valence-electron chi connectivity index (χ1n) is 7.35. The van der Waals surface area contributed by atoms with Crippen molar-refractivity contribution in [3.05, 3.63) is 70.2 Å². The lowest BCUT2D eigenvalue weighted by molar-refractivity contribution is -0.890. The quantitative estimate of drug-likeness (QED) is 0.879. The van der Waals surface area contributed by atoms with Crippen LogP contribution in [0.25, 0.3) is 0 Å². The molecule has 118 valence electrons. The van der Waals surface area contributed by atoms with Crippen LogP contribution in [0.1, 0.15) is 27.5 Å². The van der Waals surface area contributed by atoms with Crippen molar-refractivity contribution < 1.29 is 9.69 Å². The Kier molecular flexibility index (Phi) is 5.75. The minimum Gasteiger partial charge on any atom is -0.346 e. The van der Waals surface area contributed by atoms with Crippen LogP contribution in [0, 0.1) is 11.3 Å². The van der Waals surface area contributed by atoms with Crippen molar-refractivity contribution in [2.24, 2.45) is 0 Å². The number of likely N-dealkylation sites (N-methyl/N-ethyl adjacent to an activating group) is 1. The van der Waals surface area contributed by atoms with E-state index in [9.17, 15) is 4.79 Å². The summed E-state index contributed by atoms with van der Waals surface area (Å²) in [7, 11) is 4.06. The standard InChI is InChI=1S/C18H18ClN3O/c1-22(2)17(15-5-3-4-6-16(15)19)12-21-18(23)14-9-7-13(11-20)8-10-14/h3-10,17H,12H2,1-2H3,(H,21,23)/p+1/t17-/m1/s1. The molecule has 0 radical (unpaired) electrons. The molecule has 0 unspecified atom stereocenters. The lowest BCUT2D eigenvalue weighted by atomic mass is 10.1. The molecule has 0 saturated carbocycles. The summed E-state index contributed by atoms with van der Waals surface area (Å²) in [5, 5.41) is 12.4. The monoisotopic (exact) mass is 328 g/mol. The fraction of sp³-hybridized carbons (Fsp3) is 0.222. The number of carbonyl (C=O) groups is 1. The topological polar surface area (TPSA) is 57.3 Å². The summed E-state index contributed by atoms with van der Waals surface area (Å²) in [6.07, 6.45) is 0. The van der Waals surface area contributed by atoms with E-state index in [1.54, 1.807) is 24.3 Å². The first-order chi connectivity index (χ1) is 11.0. The number of hydrogen-bond acceptors (Lipinski definition) is 2. The maximum atomic E-state index is 12.3. The van der Waals surface area contributed by atoms with Crippen molar-refractivity contribution in [2.45, 2.75) is 6.04 Å². The van der Waals surface area contributed by atoms with Crippen molar-refractivity contribution in [2.75, 3.05) is 20.6 Å². The minimum atomic E-state index is -0.159. The number of amides is 1. The second-order valence-electron chi connectivity index (χ2n) is 5.55. The van der Waals surface area contributed by atoms with Crippen LogP contribution >= 0.6 is 11.6 Å². The lowest BCUT2D eigenvalue weighted by Gasteiger charge is -2.23. The van der Waals surface area contributed by atoms with Gasteiger partial charge in [0.2, 0.25) is 0 Å². The maximum absolute atomic E-state index is 12.3. The van der Waals surface area contributed by atoms with Gasteiger partial charge >= 0.3 is 0 Å². The highest BCUT2D eigenvalue weighted by Crippen LogP contribution is 2.20. The zero-order valence-corrected chi connectivity index (χ0v) is 13.9. The summed E-state index contributed by atoms with van der Waals surface area (Å²) >= 11 is 6.27. The normalized spacial score (nSPS) is 11.8. The molecule has 23 heavy (non-hydrogen) atoms. The van der Waals surface area contributed by atoms with Gasteiger partial charge in [0.15, 0.2) is 0 Å². The zero-order valence-electron chi connectivity index (χ0n) is 13.1. The number of halogens is 1. The first kappa shape index (κ1) is 17.0. The van der Waals surface area contributed by atoms with Crippen molar-refractivity contribution >= 4 is 17.5 Å². The van der Waals surface area contributed by atoms with Gasteiger partial charge in [-0.3, -0.25) is 4.79 Å². The molecule has 0 heterocycles. The molecule has 0 fully saturated rings.